The van der Waals surface area contributed by atoms with E-state index in [-0.39, 0.29) is 11.0 Å². The first-order valence-corrected chi connectivity index (χ1v) is 8.24. The van der Waals surface area contributed by atoms with Crippen molar-refractivity contribution in [2.45, 2.75) is 0 Å². The average molecular weight is 368 g/mol. The van der Waals surface area contributed by atoms with Crippen LogP contribution in [0.3, 0.4) is 0 Å². The Labute approximate surface area is 153 Å². The van der Waals surface area contributed by atoms with Gasteiger partial charge in [0, 0.05) is 31.7 Å². The number of carbonyl (C=O) groups excluding carboxylic acids is 1. The first-order valence-electron chi connectivity index (χ1n) is 7.84. The van der Waals surface area contributed by atoms with E-state index in [1.54, 1.807) is 12.1 Å². The SMILES string of the molecule is COc1cc(C(=O)NC(=S)NN2CCN(C)CC2)cc(OC)c1OC. The van der Waals surface area contributed by atoms with Crippen molar-refractivity contribution in [1.82, 2.24) is 20.7 Å². The van der Waals surface area contributed by atoms with Gasteiger partial charge in [0.15, 0.2) is 16.6 Å². The van der Waals surface area contributed by atoms with Crippen LogP contribution in [0, 0.1) is 0 Å². The summed E-state index contributed by atoms with van der Waals surface area (Å²) in [7, 11) is 6.58. The molecule has 1 aromatic rings. The molecule has 0 atom stereocenters. The van der Waals surface area contributed by atoms with Crippen LogP contribution in [0.15, 0.2) is 12.1 Å². The van der Waals surface area contributed by atoms with Crippen LogP contribution in [0.5, 0.6) is 17.2 Å². The number of benzene rings is 1. The zero-order chi connectivity index (χ0) is 18.4. The zero-order valence-electron chi connectivity index (χ0n) is 14.9. The normalized spacial score (nSPS) is 15.4. The Hall–Kier alpha value is -2.10. The minimum Gasteiger partial charge on any atom is -0.493 e. The fourth-order valence-corrected chi connectivity index (χ4v) is 2.70. The number of nitrogens with one attached hydrogen (secondary N) is 2. The van der Waals surface area contributed by atoms with Crippen LogP contribution in [-0.4, -0.2) is 75.5 Å². The minimum absolute atomic E-state index is 0.253. The van der Waals surface area contributed by atoms with Crippen molar-refractivity contribution in [3.8, 4) is 17.2 Å². The molecule has 8 nitrogen and oxygen atoms in total. The molecule has 25 heavy (non-hydrogen) atoms. The number of methoxy groups -OCH3 is 3. The van der Waals surface area contributed by atoms with E-state index < -0.39 is 0 Å². The fraction of sp³-hybridized carbons (Fsp3) is 0.500. The highest BCUT2D eigenvalue weighted by Gasteiger charge is 2.19. The smallest absolute Gasteiger partial charge is 0.257 e. The maximum absolute atomic E-state index is 12.5. The molecule has 0 aromatic heterocycles. The number of nitrogens with zero attached hydrogens (tertiary/aromatic N) is 2. The predicted molar refractivity (Wildman–Crippen MR) is 98.4 cm³/mol. The van der Waals surface area contributed by atoms with Crippen LogP contribution >= 0.6 is 12.2 Å². The number of ether oxygens (including phenoxy) is 3. The molecule has 2 rings (SSSR count). The lowest BCUT2D eigenvalue weighted by atomic mass is 10.1. The van der Waals surface area contributed by atoms with Gasteiger partial charge in [-0.3, -0.25) is 15.5 Å². The van der Waals surface area contributed by atoms with E-state index in [1.165, 1.54) is 21.3 Å². The van der Waals surface area contributed by atoms with Gasteiger partial charge in [0.1, 0.15) is 0 Å². The van der Waals surface area contributed by atoms with Gasteiger partial charge in [-0.05, 0) is 31.4 Å². The average Bonchev–Trinajstić information content (AvgIpc) is 2.62. The first-order chi connectivity index (χ1) is 12.0. The fourth-order valence-electron chi connectivity index (χ4n) is 2.48. The quantitative estimate of drug-likeness (QED) is 0.727. The van der Waals surface area contributed by atoms with Gasteiger partial charge in [0.25, 0.3) is 5.91 Å². The largest absolute Gasteiger partial charge is 0.493 e. The van der Waals surface area contributed by atoms with Crippen molar-refractivity contribution in [2.75, 3.05) is 54.6 Å². The van der Waals surface area contributed by atoms with E-state index in [0.29, 0.717) is 22.8 Å². The maximum Gasteiger partial charge on any atom is 0.257 e. The molecular formula is C16H24N4O4S. The lowest BCUT2D eigenvalue weighted by molar-refractivity contribution is 0.0966. The van der Waals surface area contributed by atoms with Crippen LogP contribution < -0.4 is 25.0 Å². The van der Waals surface area contributed by atoms with Crippen LogP contribution in [0.2, 0.25) is 0 Å². The molecule has 1 fully saturated rings. The zero-order valence-corrected chi connectivity index (χ0v) is 15.7. The molecular weight excluding hydrogens is 344 g/mol. The molecule has 0 bridgehead atoms. The van der Waals surface area contributed by atoms with E-state index in [0.717, 1.165) is 26.2 Å². The minimum atomic E-state index is -0.356. The molecule has 2 N–H and O–H groups in total. The van der Waals surface area contributed by atoms with E-state index in [9.17, 15) is 4.79 Å². The molecule has 1 aliphatic heterocycles. The van der Waals surface area contributed by atoms with Gasteiger partial charge in [-0.25, -0.2) is 5.01 Å². The molecule has 1 saturated heterocycles. The molecule has 138 valence electrons. The summed E-state index contributed by atoms with van der Waals surface area (Å²) in [4.78, 5) is 14.7. The van der Waals surface area contributed by atoms with E-state index >= 15 is 0 Å². The summed E-state index contributed by atoms with van der Waals surface area (Å²) in [5.41, 5.74) is 3.40. The molecule has 9 heteroatoms. The summed E-state index contributed by atoms with van der Waals surface area (Å²) in [6.07, 6.45) is 0. The molecule has 0 saturated carbocycles. The molecule has 0 spiro atoms. The Bertz CT molecular complexity index is 608. The predicted octanol–water partition coefficient (Wildman–Crippen LogP) is 0.479. The van der Waals surface area contributed by atoms with Gasteiger partial charge in [-0.2, -0.15) is 0 Å². The van der Waals surface area contributed by atoms with Gasteiger partial charge in [0.05, 0.1) is 21.3 Å². The van der Waals surface area contributed by atoms with Crippen molar-refractivity contribution in [3.05, 3.63) is 17.7 Å². The van der Waals surface area contributed by atoms with Crippen molar-refractivity contribution < 1.29 is 19.0 Å². The number of hydrogen-bond donors (Lipinski definition) is 2. The Kier molecular flexibility index (Phi) is 6.80. The highest BCUT2D eigenvalue weighted by molar-refractivity contribution is 7.80. The van der Waals surface area contributed by atoms with E-state index in [1.807, 2.05) is 5.01 Å². The molecule has 1 aromatic carbocycles. The first kappa shape index (κ1) is 19.2. The summed E-state index contributed by atoms with van der Waals surface area (Å²) in [6, 6.07) is 3.16. The topological polar surface area (TPSA) is 75.3 Å². The Balaban J connectivity index is 2.03. The number of amides is 1. The number of likely N-dealkylation sites (N-methyl/N-ethyl adjacent to an activating group) is 1. The third kappa shape index (κ3) is 4.94. The molecule has 0 aliphatic carbocycles. The summed E-state index contributed by atoms with van der Waals surface area (Å²) in [6.45, 7) is 3.54. The van der Waals surface area contributed by atoms with Crippen molar-refractivity contribution in [2.24, 2.45) is 0 Å². The standard InChI is InChI=1S/C16H24N4O4S/c1-19-5-7-20(8-6-19)18-16(25)17-15(21)11-9-12(22-2)14(24-4)13(10-11)23-3/h9-10H,5-8H2,1-4H3,(H2,17,18,21,25). The Morgan fingerprint density at radius 1 is 1.04 bits per heavy atom. The Morgan fingerprint density at radius 3 is 2.08 bits per heavy atom. The van der Waals surface area contributed by atoms with Crippen molar-refractivity contribution in [1.29, 1.82) is 0 Å². The van der Waals surface area contributed by atoms with Gasteiger partial charge in [-0.1, -0.05) is 0 Å². The number of thiocarbonyl (C=S) groups is 1. The van der Waals surface area contributed by atoms with Crippen molar-refractivity contribution in [3.63, 3.8) is 0 Å². The van der Waals surface area contributed by atoms with Crippen LogP contribution in [0.4, 0.5) is 0 Å². The van der Waals surface area contributed by atoms with Crippen LogP contribution in [0.25, 0.3) is 0 Å². The summed E-state index contributed by atoms with van der Waals surface area (Å²) < 4.78 is 15.8. The lowest BCUT2D eigenvalue weighted by Crippen LogP contribution is -2.55. The highest BCUT2D eigenvalue weighted by Crippen LogP contribution is 2.38. The van der Waals surface area contributed by atoms with Gasteiger partial charge < -0.3 is 19.1 Å². The van der Waals surface area contributed by atoms with Crippen LogP contribution in [-0.2, 0) is 0 Å². The highest BCUT2D eigenvalue weighted by atomic mass is 32.1. The third-order valence-corrected chi connectivity index (χ3v) is 4.11. The summed E-state index contributed by atoms with van der Waals surface area (Å²) in [5, 5.41) is 4.91. The second-order valence-electron chi connectivity index (χ2n) is 5.60. The van der Waals surface area contributed by atoms with E-state index in [2.05, 4.69) is 22.7 Å². The maximum atomic E-state index is 12.5. The van der Waals surface area contributed by atoms with Crippen molar-refractivity contribution >= 4 is 23.2 Å². The molecule has 0 radical (unpaired) electrons. The third-order valence-electron chi connectivity index (χ3n) is 3.92. The van der Waals surface area contributed by atoms with Gasteiger partial charge in [-0.15, -0.1) is 0 Å². The molecule has 1 heterocycles. The molecule has 0 unspecified atom stereocenters. The van der Waals surface area contributed by atoms with Gasteiger partial charge in [0.2, 0.25) is 5.75 Å². The molecule has 1 amide bonds. The van der Waals surface area contributed by atoms with Crippen LogP contribution in [0.1, 0.15) is 10.4 Å². The number of rotatable bonds is 5. The molecule has 1 aliphatic rings. The lowest BCUT2D eigenvalue weighted by Gasteiger charge is -2.33. The summed E-state index contributed by atoms with van der Waals surface area (Å²) in [5.74, 6) is 0.889. The van der Waals surface area contributed by atoms with E-state index in [4.69, 9.17) is 26.4 Å². The monoisotopic (exact) mass is 368 g/mol. The number of hydrogen-bond acceptors (Lipinski definition) is 7. The summed E-state index contributed by atoms with van der Waals surface area (Å²) >= 11 is 5.23. The Morgan fingerprint density at radius 2 is 1.60 bits per heavy atom. The number of hydrazine groups is 1. The second-order valence-corrected chi connectivity index (χ2v) is 6.01. The second kappa shape index (κ2) is 8.84. The van der Waals surface area contributed by atoms with Gasteiger partial charge >= 0.3 is 0 Å². The number of carbonyl (C=O) groups is 1. The number of piperazine rings is 1.